The number of likely N-dealkylation sites (N-methyl/N-ethyl adjacent to an activating group) is 1. The van der Waals surface area contributed by atoms with E-state index in [0.29, 0.717) is 59.0 Å². The van der Waals surface area contributed by atoms with Gasteiger partial charge in [0.05, 0.1) is 40.5 Å². The van der Waals surface area contributed by atoms with E-state index in [2.05, 4.69) is 22.5 Å². The van der Waals surface area contributed by atoms with Crippen LogP contribution in [0, 0.1) is 5.92 Å². The fraction of sp³-hybridized carbons (Fsp3) is 0.444. The summed E-state index contributed by atoms with van der Waals surface area (Å²) in [5.41, 5.74) is 2.44. The summed E-state index contributed by atoms with van der Waals surface area (Å²) in [5, 5.41) is 16.9. The Morgan fingerprint density at radius 1 is 1.02 bits per heavy atom. The third-order valence-electron chi connectivity index (χ3n) is 8.27. The maximum absolute atomic E-state index is 14.3. The van der Waals surface area contributed by atoms with Crippen LogP contribution >= 0.6 is 23.2 Å². The van der Waals surface area contributed by atoms with Crippen molar-refractivity contribution in [1.82, 2.24) is 9.80 Å². The summed E-state index contributed by atoms with van der Waals surface area (Å²) < 4.78 is 12.8. The number of hydrogen-bond donors (Lipinski definition) is 3. The van der Waals surface area contributed by atoms with E-state index in [1.165, 1.54) is 0 Å². The summed E-state index contributed by atoms with van der Waals surface area (Å²) in [5.74, 6) is 0.0617. The monoisotopic (exact) mass is 684 g/mol. The minimum Gasteiger partial charge on any atom is -0.490 e. The second-order valence-electron chi connectivity index (χ2n) is 12.4. The summed E-state index contributed by atoms with van der Waals surface area (Å²) in [4.78, 5) is 31.0. The van der Waals surface area contributed by atoms with Gasteiger partial charge in [-0.25, -0.2) is 4.79 Å². The van der Waals surface area contributed by atoms with Crippen molar-refractivity contribution < 1.29 is 24.2 Å². The maximum Gasteiger partial charge on any atom is 0.323 e. The Hall–Kier alpha value is -3.34. The van der Waals surface area contributed by atoms with Crippen LogP contribution in [0.1, 0.15) is 56.0 Å². The molecule has 0 saturated carbocycles. The minimum absolute atomic E-state index is 0.0756. The molecular weight excluding hydrogens is 639 g/mol. The lowest BCUT2D eigenvalue weighted by molar-refractivity contribution is -0.0177. The summed E-state index contributed by atoms with van der Waals surface area (Å²) in [7, 11) is 2.03. The Bertz CT molecular complexity index is 1480. The van der Waals surface area contributed by atoms with Crippen LogP contribution in [0.3, 0.4) is 0 Å². The fourth-order valence-corrected chi connectivity index (χ4v) is 5.92. The smallest absolute Gasteiger partial charge is 0.323 e. The summed E-state index contributed by atoms with van der Waals surface area (Å²) in [6, 6.07) is 18.9. The molecule has 4 atom stereocenters. The molecule has 0 aliphatic carbocycles. The van der Waals surface area contributed by atoms with Crippen LogP contribution in [0.25, 0.3) is 0 Å². The number of urea groups is 1. The van der Waals surface area contributed by atoms with Crippen molar-refractivity contribution in [3.05, 3.63) is 87.9 Å². The Labute approximate surface area is 288 Å². The van der Waals surface area contributed by atoms with E-state index in [0.717, 1.165) is 24.8 Å². The predicted molar refractivity (Wildman–Crippen MR) is 189 cm³/mol. The Morgan fingerprint density at radius 3 is 2.49 bits per heavy atom. The molecule has 0 spiro atoms. The van der Waals surface area contributed by atoms with Gasteiger partial charge in [0, 0.05) is 43.5 Å². The number of anilines is 2. The largest absolute Gasteiger partial charge is 0.490 e. The number of nitrogens with zero attached hydrogens (tertiary/aromatic N) is 2. The van der Waals surface area contributed by atoms with Gasteiger partial charge in [0.15, 0.2) is 0 Å². The number of nitrogens with one attached hydrogen (secondary N) is 2. The molecule has 1 aliphatic heterocycles. The van der Waals surface area contributed by atoms with Gasteiger partial charge in [0.25, 0.3) is 5.91 Å². The molecule has 3 aromatic rings. The molecular formula is C36H46Cl2N4O5. The second-order valence-corrected chi connectivity index (χ2v) is 13.2. The molecule has 1 heterocycles. The Balaban J connectivity index is 1.58. The second kappa shape index (κ2) is 17.7. The van der Waals surface area contributed by atoms with Crippen LogP contribution in [0.15, 0.2) is 66.7 Å². The number of para-hydroxylation sites is 1. The zero-order chi connectivity index (χ0) is 33.9. The summed E-state index contributed by atoms with van der Waals surface area (Å²) in [6.07, 6.45) is 2.22. The molecule has 0 saturated heterocycles. The van der Waals surface area contributed by atoms with E-state index >= 15 is 0 Å². The highest BCUT2D eigenvalue weighted by Crippen LogP contribution is 2.29. The first-order valence-corrected chi connectivity index (χ1v) is 16.9. The average molecular weight is 686 g/mol. The highest BCUT2D eigenvalue weighted by Gasteiger charge is 2.30. The van der Waals surface area contributed by atoms with Crippen molar-refractivity contribution in [1.29, 1.82) is 0 Å². The molecule has 0 radical (unpaired) electrons. The highest BCUT2D eigenvalue weighted by molar-refractivity contribution is 6.42. The quantitative estimate of drug-likeness (QED) is 0.226. The van der Waals surface area contributed by atoms with E-state index in [-0.39, 0.29) is 30.6 Å². The van der Waals surface area contributed by atoms with E-state index in [9.17, 15) is 14.7 Å². The minimum atomic E-state index is -0.476. The Morgan fingerprint density at radius 2 is 1.77 bits per heavy atom. The number of ether oxygens (including phenoxy) is 2. The molecule has 3 amide bonds. The highest BCUT2D eigenvalue weighted by atomic mass is 35.5. The van der Waals surface area contributed by atoms with E-state index in [4.69, 9.17) is 32.7 Å². The molecule has 11 heteroatoms. The number of aliphatic hydroxyl groups excluding tert-OH is 1. The van der Waals surface area contributed by atoms with Crippen molar-refractivity contribution in [2.45, 2.75) is 64.8 Å². The van der Waals surface area contributed by atoms with Gasteiger partial charge in [-0.1, -0.05) is 54.4 Å². The van der Waals surface area contributed by atoms with Crippen molar-refractivity contribution in [2.75, 3.05) is 44.0 Å². The van der Waals surface area contributed by atoms with Gasteiger partial charge >= 0.3 is 6.03 Å². The number of hydrogen-bond acceptors (Lipinski definition) is 6. The van der Waals surface area contributed by atoms with Crippen LogP contribution < -0.4 is 15.4 Å². The number of amides is 3. The molecule has 47 heavy (non-hydrogen) atoms. The van der Waals surface area contributed by atoms with Crippen molar-refractivity contribution in [2.24, 2.45) is 5.92 Å². The lowest BCUT2D eigenvalue weighted by atomic mass is 10.0. The molecule has 3 aromatic carbocycles. The molecule has 0 aromatic heterocycles. The first-order chi connectivity index (χ1) is 22.5. The zero-order valence-corrected chi connectivity index (χ0v) is 29.1. The normalized spacial score (nSPS) is 20.1. The van der Waals surface area contributed by atoms with Gasteiger partial charge < -0.3 is 30.1 Å². The number of benzene rings is 3. The molecule has 9 nitrogen and oxygen atoms in total. The number of carbonyl (C=O) groups excluding carboxylic acids is 2. The molecule has 1 aliphatic rings. The fourth-order valence-electron chi connectivity index (χ4n) is 5.60. The topological polar surface area (TPSA) is 103 Å². The van der Waals surface area contributed by atoms with Crippen LogP contribution in [0.4, 0.5) is 16.2 Å². The summed E-state index contributed by atoms with van der Waals surface area (Å²) in [6.45, 7) is 7.85. The maximum atomic E-state index is 14.3. The van der Waals surface area contributed by atoms with Gasteiger partial charge in [0.1, 0.15) is 5.75 Å². The van der Waals surface area contributed by atoms with Crippen molar-refractivity contribution in [3.8, 4) is 5.75 Å². The van der Waals surface area contributed by atoms with Gasteiger partial charge in [-0.2, -0.15) is 0 Å². The van der Waals surface area contributed by atoms with Crippen molar-refractivity contribution >= 4 is 46.5 Å². The number of carbonyl (C=O) groups is 2. The Kier molecular flexibility index (Phi) is 13.8. The molecule has 4 rings (SSSR count). The molecule has 3 N–H and O–H groups in total. The standard InChI is InChI=1S/C36H46Cl2N4O5/c1-24-20-42(25(2)23-43)35(44)30-19-29(40-36(45)39-28-11-6-5-7-12-28)14-16-33(30)47-26(3)10-8-9-17-46-34(24)22-41(4)21-27-13-15-31(37)32(38)18-27/h5-7,11-16,18-19,24-26,34,43H,8-10,17,20-23H2,1-4H3,(H2,39,40,45)/t24-,25+,26-,34-/m1/s1. The number of rotatable bonds is 8. The van der Waals surface area contributed by atoms with Gasteiger partial charge in [0.2, 0.25) is 0 Å². The first-order valence-electron chi connectivity index (χ1n) is 16.1. The first kappa shape index (κ1) is 36.5. The lowest BCUT2D eigenvalue weighted by Crippen LogP contribution is -2.47. The van der Waals surface area contributed by atoms with Crippen molar-refractivity contribution in [3.63, 3.8) is 0 Å². The molecule has 0 fully saturated rings. The summed E-state index contributed by atoms with van der Waals surface area (Å²) >= 11 is 12.4. The van der Waals surface area contributed by atoms with Crippen LogP contribution in [0.5, 0.6) is 5.75 Å². The lowest BCUT2D eigenvalue weighted by Gasteiger charge is -2.36. The number of halogens is 2. The zero-order valence-electron chi connectivity index (χ0n) is 27.5. The number of fused-ring (bicyclic) bond motifs is 1. The average Bonchev–Trinajstić information content (AvgIpc) is 3.04. The van der Waals surface area contributed by atoms with Crippen LogP contribution in [0.2, 0.25) is 10.0 Å². The van der Waals surface area contributed by atoms with Gasteiger partial charge in [-0.15, -0.1) is 0 Å². The van der Waals surface area contributed by atoms with Crippen LogP contribution in [-0.4, -0.2) is 78.4 Å². The van der Waals surface area contributed by atoms with E-state index in [1.807, 2.05) is 51.2 Å². The van der Waals surface area contributed by atoms with E-state index < -0.39 is 12.1 Å². The molecule has 0 bridgehead atoms. The third-order valence-corrected chi connectivity index (χ3v) is 9.01. The number of aliphatic hydroxyl groups is 1. The van der Waals surface area contributed by atoms with Crippen LogP contribution in [-0.2, 0) is 11.3 Å². The molecule has 0 unspecified atom stereocenters. The molecule has 254 valence electrons. The third kappa shape index (κ3) is 10.8. The SMILES string of the molecule is C[C@@H]1CCCCO[C@H](CN(C)Cc2ccc(Cl)c(Cl)c2)[C@H](C)CN([C@@H](C)CO)C(=O)c2cc(NC(=O)Nc3ccccc3)ccc2O1. The van der Waals surface area contributed by atoms with Gasteiger partial charge in [-0.3, -0.25) is 9.69 Å². The van der Waals surface area contributed by atoms with E-state index in [1.54, 1.807) is 41.3 Å². The van der Waals surface area contributed by atoms with Gasteiger partial charge in [-0.05, 0) is 88.2 Å². The predicted octanol–water partition coefficient (Wildman–Crippen LogP) is 7.56.